The molecule has 2 aromatic heterocycles. The number of fused-ring (bicyclic) bond motifs is 2. The summed E-state index contributed by atoms with van der Waals surface area (Å²) in [6.45, 7) is 2.09. The van der Waals surface area contributed by atoms with Gasteiger partial charge >= 0.3 is 0 Å². The van der Waals surface area contributed by atoms with Crippen molar-refractivity contribution in [3.05, 3.63) is 36.7 Å². The molecule has 28 heavy (non-hydrogen) atoms. The first-order valence-electron chi connectivity index (χ1n) is 10.2. The summed E-state index contributed by atoms with van der Waals surface area (Å²) < 4.78 is 0. The molecule has 1 amide bonds. The Hall–Kier alpha value is -2.89. The minimum Gasteiger partial charge on any atom is -0.361 e. The molecule has 1 fully saturated rings. The van der Waals surface area contributed by atoms with E-state index in [-0.39, 0.29) is 11.9 Å². The average molecular weight is 375 g/mol. The van der Waals surface area contributed by atoms with E-state index in [1.165, 1.54) is 12.8 Å². The van der Waals surface area contributed by atoms with Gasteiger partial charge in [-0.3, -0.25) is 4.79 Å². The van der Waals surface area contributed by atoms with Crippen LogP contribution in [-0.4, -0.2) is 40.0 Å². The lowest BCUT2D eigenvalue weighted by Crippen LogP contribution is -2.55. The van der Waals surface area contributed by atoms with Gasteiger partial charge in [0.2, 0.25) is 5.91 Å². The number of carbonyl (C=O) groups is 1. The van der Waals surface area contributed by atoms with Crippen LogP contribution >= 0.6 is 0 Å². The molecule has 1 unspecified atom stereocenters. The highest BCUT2D eigenvalue weighted by molar-refractivity contribution is 6.04. The van der Waals surface area contributed by atoms with Crippen molar-refractivity contribution in [3.8, 4) is 11.4 Å². The maximum Gasteiger partial charge on any atom is 0.249 e. The van der Waals surface area contributed by atoms with E-state index in [1.807, 2.05) is 25.5 Å². The summed E-state index contributed by atoms with van der Waals surface area (Å²) in [5, 5.41) is 1.14. The fourth-order valence-corrected chi connectivity index (χ4v) is 4.78. The van der Waals surface area contributed by atoms with Crippen LogP contribution in [0.4, 0.5) is 11.5 Å². The third-order valence-electron chi connectivity index (χ3n) is 6.24. The van der Waals surface area contributed by atoms with Crippen LogP contribution < -0.4 is 9.80 Å². The zero-order chi connectivity index (χ0) is 19.3. The molecule has 5 rings (SSSR count). The summed E-state index contributed by atoms with van der Waals surface area (Å²) in [4.78, 5) is 30.0. The molecule has 2 aliphatic rings. The van der Waals surface area contributed by atoms with Gasteiger partial charge in [0, 0.05) is 30.2 Å². The minimum atomic E-state index is -0.148. The third kappa shape index (κ3) is 2.51. The summed E-state index contributed by atoms with van der Waals surface area (Å²) in [5.41, 5.74) is 2.84. The van der Waals surface area contributed by atoms with Crippen molar-refractivity contribution in [3.63, 3.8) is 0 Å². The first-order valence-corrected chi connectivity index (χ1v) is 10.2. The van der Waals surface area contributed by atoms with E-state index in [0.29, 0.717) is 11.9 Å². The van der Waals surface area contributed by atoms with E-state index in [4.69, 9.17) is 4.98 Å². The number of hydrogen-bond donors (Lipinski definition) is 1. The van der Waals surface area contributed by atoms with Gasteiger partial charge in [-0.25, -0.2) is 9.97 Å². The number of aromatic amines is 1. The van der Waals surface area contributed by atoms with Crippen molar-refractivity contribution in [1.29, 1.82) is 0 Å². The lowest BCUT2D eigenvalue weighted by molar-refractivity contribution is -0.120. The second kappa shape index (κ2) is 6.62. The summed E-state index contributed by atoms with van der Waals surface area (Å²) in [7, 11) is 1.84. The second-order valence-electron chi connectivity index (χ2n) is 7.82. The van der Waals surface area contributed by atoms with E-state index in [0.717, 1.165) is 47.2 Å². The normalized spacial score (nSPS) is 20.2. The van der Waals surface area contributed by atoms with Gasteiger partial charge < -0.3 is 14.8 Å². The molecule has 1 saturated carbocycles. The van der Waals surface area contributed by atoms with Crippen LogP contribution in [0.1, 0.15) is 39.0 Å². The number of hydrogen-bond acceptors (Lipinski definition) is 4. The van der Waals surface area contributed by atoms with Crippen LogP contribution in [0.15, 0.2) is 36.7 Å². The Morgan fingerprint density at radius 1 is 1.21 bits per heavy atom. The number of carbonyl (C=O) groups excluding carboxylic acids is 1. The molecule has 1 aliphatic heterocycles. The molecule has 0 bridgehead atoms. The van der Waals surface area contributed by atoms with Crippen LogP contribution in [0.5, 0.6) is 0 Å². The maximum atomic E-state index is 13.0. The number of para-hydroxylation sites is 1. The molecule has 0 spiro atoms. The van der Waals surface area contributed by atoms with Crippen molar-refractivity contribution < 1.29 is 4.79 Å². The van der Waals surface area contributed by atoms with Crippen LogP contribution in [0.25, 0.3) is 22.3 Å². The molecule has 1 atom stereocenters. The van der Waals surface area contributed by atoms with Crippen LogP contribution in [0.3, 0.4) is 0 Å². The number of amides is 1. The smallest absolute Gasteiger partial charge is 0.249 e. The number of anilines is 2. The number of H-pyrrole nitrogens is 1. The predicted molar refractivity (Wildman–Crippen MR) is 112 cm³/mol. The average Bonchev–Trinajstić information content (AvgIpc) is 3.41. The molecule has 0 radical (unpaired) electrons. The monoisotopic (exact) mass is 375 g/mol. The molecule has 1 aromatic carbocycles. The standard InChI is InChI=1S/C22H25N5O/c1-3-17-22(28)26(2)18-13-24-20(16-10-6-7-14-11-12-23-19(14)16)25-21(18)27(17)15-8-4-5-9-15/h6-7,10-13,15,17,23H,3-5,8-9H2,1-2H3. The van der Waals surface area contributed by atoms with Crippen LogP contribution in [0.2, 0.25) is 0 Å². The van der Waals surface area contributed by atoms with Gasteiger partial charge in [0.15, 0.2) is 11.6 Å². The van der Waals surface area contributed by atoms with E-state index >= 15 is 0 Å². The van der Waals surface area contributed by atoms with Gasteiger partial charge in [0.1, 0.15) is 11.7 Å². The van der Waals surface area contributed by atoms with Crippen molar-refractivity contribution in [2.45, 2.75) is 51.1 Å². The highest BCUT2D eigenvalue weighted by atomic mass is 16.2. The van der Waals surface area contributed by atoms with E-state index in [9.17, 15) is 4.79 Å². The highest BCUT2D eigenvalue weighted by Crippen LogP contribution is 2.40. The molecule has 144 valence electrons. The topological polar surface area (TPSA) is 65.1 Å². The lowest BCUT2D eigenvalue weighted by atomic mass is 10.0. The molecule has 3 heterocycles. The third-order valence-corrected chi connectivity index (χ3v) is 6.24. The number of likely N-dealkylation sites (N-methyl/N-ethyl adjacent to an activating group) is 1. The van der Waals surface area contributed by atoms with Crippen LogP contribution in [0, 0.1) is 0 Å². The maximum absolute atomic E-state index is 13.0. The quantitative estimate of drug-likeness (QED) is 0.748. The molecule has 1 N–H and O–H groups in total. The zero-order valence-electron chi connectivity index (χ0n) is 16.4. The minimum absolute atomic E-state index is 0.143. The Morgan fingerprint density at radius 3 is 2.82 bits per heavy atom. The van der Waals surface area contributed by atoms with Gasteiger partial charge in [0.05, 0.1) is 11.7 Å². The number of nitrogens with one attached hydrogen (secondary N) is 1. The van der Waals surface area contributed by atoms with Crippen LogP contribution in [-0.2, 0) is 4.79 Å². The van der Waals surface area contributed by atoms with Crippen molar-refractivity contribution in [1.82, 2.24) is 15.0 Å². The van der Waals surface area contributed by atoms with Gasteiger partial charge in [-0.2, -0.15) is 0 Å². The SMILES string of the molecule is CCC1C(=O)N(C)c2cnc(-c3cccc4cc[nH]c34)nc2N1C1CCCC1. The fraction of sp³-hybridized carbons (Fsp3) is 0.409. The summed E-state index contributed by atoms with van der Waals surface area (Å²) in [5.74, 6) is 1.74. The Bertz CT molecular complexity index is 1040. The summed E-state index contributed by atoms with van der Waals surface area (Å²) in [6, 6.07) is 8.46. The van der Waals surface area contributed by atoms with Gasteiger partial charge in [0.25, 0.3) is 0 Å². The van der Waals surface area contributed by atoms with Crippen molar-refractivity contribution in [2.75, 3.05) is 16.8 Å². The van der Waals surface area contributed by atoms with E-state index < -0.39 is 0 Å². The Labute approximate surface area is 164 Å². The van der Waals surface area contributed by atoms with Crippen molar-refractivity contribution in [2.24, 2.45) is 0 Å². The molecule has 3 aromatic rings. The Balaban J connectivity index is 1.68. The Morgan fingerprint density at radius 2 is 2.04 bits per heavy atom. The zero-order valence-corrected chi connectivity index (χ0v) is 16.4. The number of aromatic nitrogens is 3. The van der Waals surface area contributed by atoms with E-state index in [1.54, 1.807) is 4.90 Å². The number of rotatable bonds is 3. The fourth-order valence-electron chi connectivity index (χ4n) is 4.78. The number of benzene rings is 1. The molecular weight excluding hydrogens is 350 g/mol. The lowest BCUT2D eigenvalue weighted by Gasteiger charge is -2.43. The van der Waals surface area contributed by atoms with E-state index in [2.05, 4.69) is 40.0 Å². The second-order valence-corrected chi connectivity index (χ2v) is 7.82. The van der Waals surface area contributed by atoms with Gasteiger partial charge in [-0.05, 0) is 31.4 Å². The molecule has 1 aliphatic carbocycles. The first kappa shape index (κ1) is 17.2. The molecule has 6 nitrogen and oxygen atoms in total. The first-order chi connectivity index (χ1) is 13.7. The Kier molecular flexibility index (Phi) is 4.07. The summed E-state index contributed by atoms with van der Waals surface area (Å²) in [6.07, 6.45) is 9.22. The molecule has 0 saturated heterocycles. The summed E-state index contributed by atoms with van der Waals surface area (Å²) >= 11 is 0. The van der Waals surface area contributed by atoms with Gasteiger partial charge in [-0.15, -0.1) is 0 Å². The molecule has 6 heteroatoms. The predicted octanol–water partition coefficient (Wildman–Crippen LogP) is 4.13. The highest BCUT2D eigenvalue weighted by Gasteiger charge is 2.41. The largest absolute Gasteiger partial charge is 0.361 e. The number of nitrogens with zero attached hydrogens (tertiary/aromatic N) is 4. The van der Waals surface area contributed by atoms with Gasteiger partial charge in [-0.1, -0.05) is 31.9 Å². The van der Waals surface area contributed by atoms with Crippen molar-refractivity contribution >= 4 is 28.3 Å². The molecular formula is C22H25N5O.